The lowest BCUT2D eigenvalue weighted by atomic mass is 9.71. The summed E-state index contributed by atoms with van der Waals surface area (Å²) in [5, 5.41) is 3.11. The van der Waals surface area contributed by atoms with Gasteiger partial charge in [0.15, 0.2) is 0 Å². The Labute approximate surface area is 136 Å². The van der Waals surface area contributed by atoms with Crippen molar-refractivity contribution in [2.24, 2.45) is 5.41 Å². The Morgan fingerprint density at radius 1 is 1.00 bits per heavy atom. The van der Waals surface area contributed by atoms with Crippen molar-refractivity contribution in [3.05, 3.63) is 54.1 Å². The van der Waals surface area contributed by atoms with Crippen LogP contribution in [0.1, 0.15) is 18.4 Å². The number of hydrogen-bond acceptors (Lipinski definition) is 3. The van der Waals surface area contributed by atoms with Gasteiger partial charge in [0.05, 0.1) is 5.41 Å². The van der Waals surface area contributed by atoms with Gasteiger partial charge in [0, 0.05) is 30.2 Å². The maximum absolute atomic E-state index is 12.7. The number of nitrogens with two attached hydrogens (primary N) is 1. The molecule has 3 N–H and O–H groups in total. The Morgan fingerprint density at radius 3 is 2.43 bits per heavy atom. The van der Waals surface area contributed by atoms with Crippen molar-refractivity contribution in [3.8, 4) is 0 Å². The van der Waals surface area contributed by atoms with E-state index in [-0.39, 0.29) is 11.3 Å². The van der Waals surface area contributed by atoms with E-state index in [4.69, 9.17) is 5.73 Å². The van der Waals surface area contributed by atoms with Crippen LogP contribution in [0.4, 0.5) is 17.1 Å². The van der Waals surface area contributed by atoms with Gasteiger partial charge in [0.1, 0.15) is 0 Å². The molecule has 2 aliphatic rings. The molecule has 23 heavy (non-hydrogen) atoms. The molecule has 0 saturated carbocycles. The van der Waals surface area contributed by atoms with Crippen LogP contribution >= 0.6 is 0 Å². The van der Waals surface area contributed by atoms with Crippen LogP contribution in [0, 0.1) is 5.41 Å². The summed E-state index contributed by atoms with van der Waals surface area (Å²) in [7, 11) is 0. The molecule has 2 aromatic rings. The maximum Gasteiger partial charge on any atom is 0.231 e. The van der Waals surface area contributed by atoms with Crippen LogP contribution in [0.3, 0.4) is 0 Å². The van der Waals surface area contributed by atoms with Crippen molar-refractivity contribution in [1.82, 2.24) is 0 Å². The summed E-state index contributed by atoms with van der Waals surface area (Å²) in [6, 6.07) is 16.1. The quantitative estimate of drug-likeness (QED) is 0.796. The zero-order chi connectivity index (χ0) is 15.9. The molecule has 2 aromatic carbocycles. The molecule has 0 bridgehead atoms. The van der Waals surface area contributed by atoms with Gasteiger partial charge in [0.2, 0.25) is 5.91 Å². The van der Waals surface area contributed by atoms with Crippen LogP contribution in [-0.4, -0.2) is 19.0 Å². The van der Waals surface area contributed by atoms with E-state index in [0.717, 1.165) is 43.7 Å². The molecular weight excluding hydrogens is 286 g/mol. The number of fused-ring (bicyclic) bond motifs is 1. The molecule has 0 atom stereocenters. The molecule has 4 nitrogen and oxygen atoms in total. The first kappa shape index (κ1) is 14.1. The number of nitrogens with zero attached hydrogens (tertiary/aromatic N) is 1. The third-order valence-electron chi connectivity index (χ3n) is 5.25. The van der Waals surface area contributed by atoms with E-state index < -0.39 is 0 Å². The van der Waals surface area contributed by atoms with Gasteiger partial charge in [-0.1, -0.05) is 18.2 Å². The molecule has 1 saturated heterocycles. The standard InChI is InChI=1S/C19H21N3O/c20-15-5-7-16(8-6-15)22-11-9-19(10-12-22)13-14-3-1-2-4-17(14)21-18(19)23/h1-8H,9-13,20H2,(H,21,23). The minimum Gasteiger partial charge on any atom is -0.399 e. The van der Waals surface area contributed by atoms with Gasteiger partial charge < -0.3 is 16.0 Å². The number of para-hydroxylation sites is 1. The van der Waals surface area contributed by atoms with Gasteiger partial charge in [-0.25, -0.2) is 0 Å². The molecule has 4 heteroatoms. The highest BCUT2D eigenvalue weighted by Crippen LogP contribution is 2.42. The average molecular weight is 307 g/mol. The van der Waals surface area contributed by atoms with Crippen LogP contribution in [0.25, 0.3) is 0 Å². The average Bonchev–Trinajstić information content (AvgIpc) is 2.58. The molecule has 0 unspecified atom stereocenters. The van der Waals surface area contributed by atoms with Gasteiger partial charge >= 0.3 is 0 Å². The summed E-state index contributed by atoms with van der Waals surface area (Å²) >= 11 is 0. The highest BCUT2D eigenvalue weighted by molar-refractivity contribution is 5.98. The SMILES string of the molecule is Nc1ccc(N2CCC3(CC2)Cc2ccccc2NC3=O)cc1. The molecule has 118 valence electrons. The number of rotatable bonds is 1. The van der Waals surface area contributed by atoms with Crippen molar-refractivity contribution in [1.29, 1.82) is 0 Å². The Hall–Kier alpha value is -2.49. The molecule has 1 amide bonds. The minimum atomic E-state index is -0.251. The van der Waals surface area contributed by atoms with Crippen LogP contribution in [0.2, 0.25) is 0 Å². The number of amides is 1. The van der Waals surface area contributed by atoms with Crippen LogP contribution in [0.5, 0.6) is 0 Å². The van der Waals surface area contributed by atoms with E-state index >= 15 is 0 Å². The number of piperidine rings is 1. The Kier molecular flexibility index (Phi) is 3.26. The van der Waals surface area contributed by atoms with Crippen LogP contribution < -0.4 is 16.0 Å². The Morgan fingerprint density at radius 2 is 1.70 bits per heavy atom. The molecular formula is C19H21N3O. The molecule has 1 fully saturated rings. The number of anilines is 3. The number of carbonyl (C=O) groups is 1. The summed E-state index contributed by atoms with van der Waals surface area (Å²) < 4.78 is 0. The van der Waals surface area contributed by atoms with E-state index in [1.807, 2.05) is 30.3 Å². The van der Waals surface area contributed by atoms with Gasteiger partial charge in [-0.15, -0.1) is 0 Å². The summed E-state index contributed by atoms with van der Waals surface area (Å²) in [6.07, 6.45) is 2.62. The van der Waals surface area contributed by atoms with Gasteiger partial charge in [0.25, 0.3) is 0 Å². The van der Waals surface area contributed by atoms with Crippen molar-refractivity contribution >= 4 is 23.0 Å². The second-order valence-corrected chi connectivity index (χ2v) is 6.65. The van der Waals surface area contributed by atoms with Crippen molar-refractivity contribution in [2.45, 2.75) is 19.3 Å². The summed E-state index contributed by atoms with van der Waals surface area (Å²) in [5.74, 6) is 0.188. The van der Waals surface area contributed by atoms with E-state index in [9.17, 15) is 4.79 Å². The van der Waals surface area contributed by atoms with Crippen LogP contribution in [0.15, 0.2) is 48.5 Å². The van der Waals surface area contributed by atoms with E-state index in [1.165, 1.54) is 11.3 Å². The maximum atomic E-state index is 12.7. The lowest BCUT2D eigenvalue weighted by Gasteiger charge is -2.44. The number of nitrogen functional groups attached to an aromatic ring is 1. The Balaban J connectivity index is 1.52. The summed E-state index contributed by atoms with van der Waals surface area (Å²) in [6.45, 7) is 1.80. The molecule has 4 rings (SSSR count). The molecule has 2 aliphatic heterocycles. The third kappa shape index (κ3) is 2.44. The van der Waals surface area contributed by atoms with Gasteiger partial charge in [-0.3, -0.25) is 4.79 Å². The fourth-order valence-corrected chi connectivity index (χ4v) is 3.78. The molecule has 0 aromatic heterocycles. The molecule has 2 heterocycles. The topological polar surface area (TPSA) is 58.4 Å². The molecule has 1 spiro atoms. The van der Waals surface area contributed by atoms with E-state index in [0.29, 0.717) is 0 Å². The summed E-state index contributed by atoms with van der Waals surface area (Å²) in [5.41, 5.74) is 9.71. The van der Waals surface area contributed by atoms with E-state index in [2.05, 4.69) is 28.4 Å². The second kappa shape index (κ2) is 5.30. The van der Waals surface area contributed by atoms with Crippen LogP contribution in [-0.2, 0) is 11.2 Å². The second-order valence-electron chi connectivity index (χ2n) is 6.65. The fraction of sp³-hybridized carbons (Fsp3) is 0.316. The number of carbonyl (C=O) groups excluding carboxylic acids is 1. The highest BCUT2D eigenvalue weighted by Gasteiger charge is 2.44. The lowest BCUT2D eigenvalue weighted by Crippen LogP contribution is -2.49. The largest absolute Gasteiger partial charge is 0.399 e. The normalized spacial score (nSPS) is 19.3. The van der Waals surface area contributed by atoms with Crippen molar-refractivity contribution in [3.63, 3.8) is 0 Å². The van der Waals surface area contributed by atoms with Gasteiger partial charge in [-0.2, -0.15) is 0 Å². The first-order chi connectivity index (χ1) is 11.2. The zero-order valence-electron chi connectivity index (χ0n) is 13.1. The summed E-state index contributed by atoms with van der Waals surface area (Å²) in [4.78, 5) is 15.0. The number of benzene rings is 2. The smallest absolute Gasteiger partial charge is 0.231 e. The van der Waals surface area contributed by atoms with Crippen molar-refractivity contribution < 1.29 is 4.79 Å². The fourth-order valence-electron chi connectivity index (χ4n) is 3.78. The van der Waals surface area contributed by atoms with E-state index in [1.54, 1.807) is 0 Å². The number of nitrogens with one attached hydrogen (secondary N) is 1. The molecule has 0 aliphatic carbocycles. The highest BCUT2D eigenvalue weighted by atomic mass is 16.2. The first-order valence-corrected chi connectivity index (χ1v) is 8.16. The predicted molar refractivity (Wildman–Crippen MR) is 93.5 cm³/mol. The first-order valence-electron chi connectivity index (χ1n) is 8.16. The van der Waals surface area contributed by atoms with Crippen molar-refractivity contribution in [2.75, 3.05) is 29.0 Å². The predicted octanol–water partition coefficient (Wildman–Crippen LogP) is 3.05. The minimum absolute atomic E-state index is 0.188. The van der Waals surface area contributed by atoms with Gasteiger partial charge in [-0.05, 0) is 55.2 Å². The Bertz CT molecular complexity index is 731. The zero-order valence-corrected chi connectivity index (χ0v) is 13.1. The number of hydrogen-bond donors (Lipinski definition) is 2. The molecule has 0 radical (unpaired) electrons. The lowest BCUT2D eigenvalue weighted by molar-refractivity contribution is -0.127. The third-order valence-corrected chi connectivity index (χ3v) is 5.25. The monoisotopic (exact) mass is 307 g/mol.